The van der Waals surface area contributed by atoms with Crippen molar-refractivity contribution < 1.29 is 38.1 Å². The molecule has 0 spiro atoms. The number of hydrogen-bond acceptors (Lipinski definition) is 6. The molecule has 1 atom stereocenters. The molecule has 11 heteroatoms. The Bertz CT molecular complexity index is 897. The van der Waals surface area contributed by atoms with Crippen LogP contribution in [0.3, 0.4) is 0 Å². The van der Waals surface area contributed by atoms with Crippen LogP contribution >= 0.6 is 15.9 Å². The first-order valence-corrected chi connectivity index (χ1v) is 11.6. The van der Waals surface area contributed by atoms with Crippen molar-refractivity contribution in [2.45, 2.75) is 79.2 Å². The molecule has 0 bridgehead atoms. The van der Waals surface area contributed by atoms with Crippen LogP contribution in [-0.2, 0) is 16.0 Å². The van der Waals surface area contributed by atoms with Gasteiger partial charge in [-0.1, -0.05) is 0 Å². The first kappa shape index (κ1) is 29.5. The Balaban J connectivity index is 3.13. The second-order valence-electron chi connectivity index (χ2n) is 9.63. The van der Waals surface area contributed by atoms with Gasteiger partial charge in [0.15, 0.2) is 0 Å². The maximum absolute atomic E-state index is 14.3. The fourth-order valence-electron chi connectivity index (χ4n) is 2.71. The molecule has 0 saturated carbocycles. The normalized spacial score (nSPS) is 12.5. The van der Waals surface area contributed by atoms with E-state index in [9.17, 15) is 23.9 Å². The van der Waals surface area contributed by atoms with Gasteiger partial charge in [0.25, 0.3) is 0 Å². The van der Waals surface area contributed by atoms with E-state index in [2.05, 4.69) is 15.9 Å². The van der Waals surface area contributed by atoms with Gasteiger partial charge < -0.3 is 24.2 Å². The van der Waals surface area contributed by atoms with Crippen LogP contribution in [0.5, 0.6) is 5.75 Å². The Morgan fingerprint density at radius 1 is 1.06 bits per heavy atom. The number of halogens is 2. The van der Waals surface area contributed by atoms with E-state index in [1.807, 2.05) is 0 Å². The average molecular weight is 549 g/mol. The molecule has 9 nitrogen and oxygen atoms in total. The predicted molar refractivity (Wildman–Crippen MR) is 127 cm³/mol. The third kappa shape index (κ3) is 9.36. The van der Waals surface area contributed by atoms with Crippen molar-refractivity contribution in [3.05, 3.63) is 28.0 Å². The number of ether oxygens (including phenoxy) is 3. The standard InChI is InChI=1S/C23H34BrFN2O7/c1-9-26(20(30)33-22(3,4)5)13-15-17(11-10-16(25)18(15)24)32-14(2)12-27(19(28)29)21(31)34-23(6,7)8/h10-11,14H,9,12-13H2,1-8H3,(H,28,29). The van der Waals surface area contributed by atoms with Crippen molar-refractivity contribution in [3.63, 3.8) is 0 Å². The molecule has 34 heavy (non-hydrogen) atoms. The second-order valence-corrected chi connectivity index (χ2v) is 10.4. The molecular formula is C23H34BrFN2O7. The lowest BCUT2D eigenvalue weighted by molar-refractivity contribution is 0.0193. The molecule has 1 aromatic carbocycles. The highest BCUT2D eigenvalue weighted by Crippen LogP contribution is 2.32. The number of amides is 3. The summed E-state index contributed by atoms with van der Waals surface area (Å²) in [5.41, 5.74) is -1.26. The van der Waals surface area contributed by atoms with Gasteiger partial charge in [0.1, 0.15) is 28.9 Å². The maximum Gasteiger partial charge on any atom is 0.419 e. The summed E-state index contributed by atoms with van der Waals surface area (Å²) < 4.78 is 30.8. The number of carbonyl (C=O) groups is 3. The van der Waals surface area contributed by atoms with E-state index in [-0.39, 0.29) is 29.9 Å². The van der Waals surface area contributed by atoms with Crippen molar-refractivity contribution in [1.29, 1.82) is 0 Å². The van der Waals surface area contributed by atoms with Crippen molar-refractivity contribution in [3.8, 4) is 5.75 Å². The molecule has 0 saturated heterocycles. The van der Waals surface area contributed by atoms with Crippen LogP contribution in [0.15, 0.2) is 16.6 Å². The minimum absolute atomic E-state index is 0.0273. The Morgan fingerprint density at radius 3 is 2.06 bits per heavy atom. The van der Waals surface area contributed by atoms with Gasteiger partial charge in [0, 0.05) is 12.1 Å². The van der Waals surface area contributed by atoms with E-state index >= 15 is 0 Å². The van der Waals surface area contributed by atoms with Gasteiger partial charge >= 0.3 is 18.3 Å². The summed E-state index contributed by atoms with van der Waals surface area (Å²) in [7, 11) is 0. The van der Waals surface area contributed by atoms with Gasteiger partial charge in [-0.05, 0) is 83.5 Å². The molecule has 1 aromatic rings. The summed E-state index contributed by atoms with van der Waals surface area (Å²) >= 11 is 3.21. The molecule has 0 aliphatic carbocycles. The molecule has 192 valence electrons. The molecule has 1 rings (SSSR count). The average Bonchev–Trinajstić information content (AvgIpc) is 2.65. The monoisotopic (exact) mass is 548 g/mol. The highest BCUT2D eigenvalue weighted by molar-refractivity contribution is 9.10. The zero-order chi connectivity index (χ0) is 26.4. The second kappa shape index (κ2) is 11.7. The van der Waals surface area contributed by atoms with Crippen molar-refractivity contribution in [2.24, 2.45) is 0 Å². The molecule has 0 aliphatic heterocycles. The first-order valence-electron chi connectivity index (χ1n) is 10.8. The lowest BCUT2D eigenvalue weighted by Gasteiger charge is -2.29. The van der Waals surface area contributed by atoms with E-state index in [1.54, 1.807) is 55.4 Å². The molecule has 3 amide bonds. The Morgan fingerprint density at radius 2 is 1.59 bits per heavy atom. The van der Waals surface area contributed by atoms with Crippen LogP contribution in [0.4, 0.5) is 18.8 Å². The summed E-state index contributed by atoms with van der Waals surface area (Å²) in [4.78, 5) is 38.3. The largest absolute Gasteiger partial charge is 0.488 e. The lowest BCUT2D eigenvalue weighted by atomic mass is 10.1. The number of nitrogens with zero attached hydrogens (tertiary/aromatic N) is 2. The van der Waals surface area contributed by atoms with Crippen molar-refractivity contribution in [2.75, 3.05) is 13.1 Å². The molecule has 1 unspecified atom stereocenters. The summed E-state index contributed by atoms with van der Waals surface area (Å²) in [6, 6.07) is 2.57. The molecule has 1 N–H and O–H groups in total. The van der Waals surface area contributed by atoms with Gasteiger partial charge in [-0.2, -0.15) is 0 Å². The number of carbonyl (C=O) groups excluding carboxylic acids is 2. The van der Waals surface area contributed by atoms with Crippen LogP contribution in [-0.4, -0.2) is 63.6 Å². The van der Waals surface area contributed by atoms with Crippen LogP contribution in [0.1, 0.15) is 61.0 Å². The van der Waals surface area contributed by atoms with E-state index in [0.717, 1.165) is 0 Å². The molecule has 0 aliphatic rings. The van der Waals surface area contributed by atoms with Gasteiger partial charge in [0.2, 0.25) is 0 Å². The van der Waals surface area contributed by atoms with Crippen LogP contribution in [0, 0.1) is 5.82 Å². The minimum atomic E-state index is -1.49. The molecular weight excluding hydrogens is 515 g/mol. The van der Waals surface area contributed by atoms with Gasteiger partial charge in [-0.3, -0.25) is 0 Å². The van der Waals surface area contributed by atoms with E-state index < -0.39 is 41.4 Å². The number of imide groups is 1. The van der Waals surface area contributed by atoms with Crippen molar-refractivity contribution in [1.82, 2.24) is 9.80 Å². The van der Waals surface area contributed by atoms with E-state index in [4.69, 9.17) is 14.2 Å². The topological polar surface area (TPSA) is 106 Å². The predicted octanol–water partition coefficient (Wildman–Crippen LogP) is 6.03. The molecule has 0 heterocycles. The zero-order valence-electron chi connectivity index (χ0n) is 20.9. The fourth-order valence-corrected chi connectivity index (χ4v) is 3.17. The van der Waals surface area contributed by atoms with E-state index in [1.165, 1.54) is 17.0 Å². The third-order valence-corrected chi connectivity index (χ3v) is 5.01. The van der Waals surface area contributed by atoms with Crippen LogP contribution in [0.25, 0.3) is 0 Å². The number of benzene rings is 1. The third-order valence-electron chi connectivity index (χ3n) is 4.15. The first-order chi connectivity index (χ1) is 15.4. The smallest absolute Gasteiger partial charge is 0.419 e. The van der Waals surface area contributed by atoms with Gasteiger partial charge in [0.05, 0.1) is 17.6 Å². The highest BCUT2D eigenvalue weighted by atomic mass is 79.9. The highest BCUT2D eigenvalue weighted by Gasteiger charge is 2.30. The van der Waals surface area contributed by atoms with E-state index in [0.29, 0.717) is 10.5 Å². The number of hydrogen-bond donors (Lipinski definition) is 1. The summed E-state index contributed by atoms with van der Waals surface area (Å²) in [6.07, 6.45) is -3.91. The maximum atomic E-state index is 14.3. The quantitative estimate of drug-likeness (QED) is 0.443. The van der Waals surface area contributed by atoms with Crippen LogP contribution < -0.4 is 4.74 Å². The molecule has 0 aromatic heterocycles. The van der Waals surface area contributed by atoms with Gasteiger partial charge in [-0.25, -0.2) is 23.7 Å². The Labute approximate surface area is 208 Å². The summed E-state index contributed by atoms with van der Waals surface area (Å²) in [6.45, 7) is 13.3. The molecule has 0 radical (unpaired) electrons. The molecule has 0 fully saturated rings. The number of carboxylic acid groups (broad SMARTS) is 1. The lowest BCUT2D eigenvalue weighted by Crippen LogP contribution is -2.44. The Kier molecular flexibility index (Phi) is 10.2. The fraction of sp³-hybridized carbons (Fsp3) is 0.609. The Hall–Kier alpha value is -2.56. The van der Waals surface area contributed by atoms with Crippen molar-refractivity contribution >= 4 is 34.2 Å². The number of rotatable bonds is 7. The zero-order valence-corrected chi connectivity index (χ0v) is 22.5. The summed E-state index contributed by atoms with van der Waals surface area (Å²) in [5, 5.41) is 9.45. The van der Waals surface area contributed by atoms with Gasteiger partial charge in [-0.15, -0.1) is 0 Å². The minimum Gasteiger partial charge on any atom is -0.488 e. The summed E-state index contributed by atoms with van der Waals surface area (Å²) in [5.74, 6) is -0.339. The van der Waals surface area contributed by atoms with Crippen LogP contribution in [0.2, 0.25) is 0 Å². The SMILES string of the molecule is CCN(Cc1c(OC(C)CN(C(=O)O)C(=O)OC(C)(C)C)ccc(F)c1Br)C(=O)OC(C)(C)C.